The van der Waals surface area contributed by atoms with Gasteiger partial charge >= 0.3 is 19.8 Å². The molecule has 0 saturated heterocycles. The molecule has 0 spiro atoms. The van der Waals surface area contributed by atoms with E-state index < -0.39 is 26.5 Å². The van der Waals surface area contributed by atoms with E-state index >= 15 is 0 Å². The first kappa shape index (κ1) is 68.7. The van der Waals surface area contributed by atoms with Crippen LogP contribution in [-0.2, 0) is 32.7 Å². The molecule has 0 aromatic heterocycles. The Morgan fingerprint density at radius 2 is 0.803 bits per heavy atom. The molecule has 0 aliphatic rings. The molecule has 0 radical (unpaired) electrons. The van der Waals surface area contributed by atoms with Crippen molar-refractivity contribution in [3.63, 3.8) is 0 Å². The zero-order valence-electron chi connectivity index (χ0n) is 47.0. The molecule has 71 heavy (non-hydrogen) atoms. The predicted octanol–water partition coefficient (Wildman–Crippen LogP) is 18.3. The zero-order valence-corrected chi connectivity index (χ0v) is 47.9. The number of esters is 2. The van der Waals surface area contributed by atoms with Crippen molar-refractivity contribution in [3.8, 4) is 0 Å². The maximum Gasteiger partial charge on any atom is 0.472 e. The number of phosphoric acid groups is 1. The third-order valence-electron chi connectivity index (χ3n) is 12.8. The summed E-state index contributed by atoms with van der Waals surface area (Å²) in [7, 11) is 1.49. The van der Waals surface area contributed by atoms with E-state index in [1.165, 1.54) is 167 Å². The van der Waals surface area contributed by atoms with Crippen LogP contribution in [0, 0.1) is 0 Å². The van der Waals surface area contributed by atoms with Gasteiger partial charge in [-0.25, -0.2) is 4.57 Å². The summed E-state index contributed by atoms with van der Waals surface area (Å²) in [5, 5.41) is 0. The van der Waals surface area contributed by atoms with E-state index in [0.717, 1.165) is 64.2 Å². The van der Waals surface area contributed by atoms with Crippen LogP contribution < -0.4 is 0 Å². The minimum atomic E-state index is -4.38. The Kier molecular flexibility index (Phi) is 50.9. The van der Waals surface area contributed by atoms with Crippen LogP contribution in [-0.4, -0.2) is 74.9 Å². The maximum atomic E-state index is 12.8. The van der Waals surface area contributed by atoms with E-state index in [0.29, 0.717) is 23.9 Å². The molecule has 2 atom stereocenters. The number of quaternary nitrogens is 1. The van der Waals surface area contributed by atoms with Gasteiger partial charge < -0.3 is 18.9 Å². The van der Waals surface area contributed by atoms with Crippen LogP contribution in [0.4, 0.5) is 0 Å². The van der Waals surface area contributed by atoms with Crippen LogP contribution in [0.5, 0.6) is 0 Å². The van der Waals surface area contributed by atoms with Gasteiger partial charge in [0, 0.05) is 12.8 Å². The first-order valence-electron chi connectivity index (χ1n) is 29.5. The molecule has 9 nitrogen and oxygen atoms in total. The number of unbranched alkanes of at least 4 members (excludes halogenated alkanes) is 30. The SMILES string of the molecule is CC/C=C\C/C=C\C/C=C\C/C=C\C/C=C\CCCCCCCCCCCCCCCCCCCCCCCC(=O)OC(COC(=O)CCCCCCCCCCCC)COP(=O)(O)OCC[N+](C)(C)C. The van der Waals surface area contributed by atoms with Crippen LogP contribution in [0.2, 0.25) is 0 Å². The van der Waals surface area contributed by atoms with E-state index in [-0.39, 0.29) is 25.6 Å². The van der Waals surface area contributed by atoms with Gasteiger partial charge in [-0.1, -0.05) is 254 Å². The lowest BCUT2D eigenvalue weighted by Gasteiger charge is -2.24. The lowest BCUT2D eigenvalue weighted by molar-refractivity contribution is -0.870. The molecule has 0 heterocycles. The molecular weight excluding hydrogens is 906 g/mol. The largest absolute Gasteiger partial charge is 0.472 e. The fourth-order valence-corrected chi connectivity index (χ4v) is 9.02. The average molecular weight is 1020 g/mol. The van der Waals surface area contributed by atoms with Crippen molar-refractivity contribution in [2.45, 2.75) is 270 Å². The molecular formula is C61H113NO8P+. The van der Waals surface area contributed by atoms with Gasteiger partial charge in [-0.2, -0.15) is 0 Å². The summed E-state index contributed by atoms with van der Waals surface area (Å²) in [6.07, 6.45) is 67.5. The van der Waals surface area contributed by atoms with Gasteiger partial charge in [0.25, 0.3) is 0 Å². The van der Waals surface area contributed by atoms with Gasteiger partial charge in [-0.05, 0) is 57.8 Å². The van der Waals surface area contributed by atoms with Crippen LogP contribution in [0.25, 0.3) is 0 Å². The Labute approximate surface area is 438 Å². The lowest BCUT2D eigenvalue weighted by atomic mass is 10.0. The molecule has 0 amide bonds. The molecule has 0 aliphatic carbocycles. The van der Waals surface area contributed by atoms with E-state index in [1.807, 2.05) is 21.1 Å². The molecule has 2 unspecified atom stereocenters. The number of nitrogens with zero attached hydrogens (tertiary/aromatic N) is 1. The van der Waals surface area contributed by atoms with Crippen LogP contribution in [0.15, 0.2) is 60.8 Å². The number of phosphoric ester groups is 1. The molecule has 414 valence electrons. The minimum Gasteiger partial charge on any atom is -0.462 e. The summed E-state index contributed by atoms with van der Waals surface area (Å²) < 4.78 is 34.4. The Morgan fingerprint density at radius 1 is 0.451 bits per heavy atom. The number of carbonyl (C=O) groups excluding carboxylic acids is 2. The Hall–Kier alpha value is -2.29. The first-order valence-corrected chi connectivity index (χ1v) is 31.0. The van der Waals surface area contributed by atoms with Crippen molar-refractivity contribution in [3.05, 3.63) is 60.8 Å². The van der Waals surface area contributed by atoms with E-state index in [2.05, 4.69) is 74.6 Å². The summed E-state index contributed by atoms with van der Waals surface area (Å²) in [6, 6.07) is 0. The second kappa shape index (κ2) is 52.6. The first-order chi connectivity index (χ1) is 34.5. The third-order valence-corrected chi connectivity index (χ3v) is 13.8. The average Bonchev–Trinajstić information content (AvgIpc) is 3.33. The molecule has 0 aromatic rings. The van der Waals surface area contributed by atoms with E-state index in [1.54, 1.807) is 0 Å². The van der Waals surface area contributed by atoms with E-state index in [4.69, 9.17) is 18.5 Å². The predicted molar refractivity (Wildman–Crippen MR) is 303 cm³/mol. The standard InChI is InChI=1S/C61H112NO8P/c1-6-8-10-12-14-16-18-19-20-21-22-23-24-25-26-27-28-29-30-31-32-33-34-35-36-37-38-39-40-41-42-43-44-46-48-50-52-54-61(64)70-59(58-69-71(65,66)68-56-55-62(3,4)5)57-67-60(63)53-51-49-47-45-17-15-13-11-9-7-2/h8,10,14,16,19-20,22-23,25-26,59H,6-7,9,11-13,15,17-18,21,24,27-58H2,1-5H3/p+1/b10-8-,16-14-,20-19-,23-22-,26-25-. The summed E-state index contributed by atoms with van der Waals surface area (Å²) in [6.45, 7) is 4.32. The van der Waals surface area contributed by atoms with Crippen molar-refractivity contribution in [1.82, 2.24) is 0 Å². The fraction of sp³-hybridized carbons (Fsp3) is 0.803. The van der Waals surface area contributed by atoms with Gasteiger partial charge in [-0.3, -0.25) is 18.6 Å². The number of hydrogen-bond donors (Lipinski definition) is 1. The van der Waals surface area contributed by atoms with Gasteiger partial charge in [0.1, 0.15) is 19.8 Å². The topological polar surface area (TPSA) is 108 Å². The van der Waals surface area contributed by atoms with Crippen molar-refractivity contribution < 1.29 is 42.1 Å². The molecule has 0 saturated carbocycles. The van der Waals surface area contributed by atoms with Crippen molar-refractivity contribution in [2.24, 2.45) is 0 Å². The molecule has 0 rings (SSSR count). The molecule has 1 N–H and O–H groups in total. The minimum absolute atomic E-state index is 0.0335. The number of hydrogen-bond acceptors (Lipinski definition) is 7. The summed E-state index contributed by atoms with van der Waals surface area (Å²) in [5.41, 5.74) is 0. The van der Waals surface area contributed by atoms with Crippen molar-refractivity contribution in [2.75, 3.05) is 47.5 Å². The second-order valence-corrected chi connectivity index (χ2v) is 22.5. The van der Waals surface area contributed by atoms with Crippen LogP contribution in [0.3, 0.4) is 0 Å². The normalized spacial score (nSPS) is 13.7. The van der Waals surface area contributed by atoms with Crippen molar-refractivity contribution in [1.29, 1.82) is 0 Å². The van der Waals surface area contributed by atoms with E-state index in [9.17, 15) is 19.0 Å². The van der Waals surface area contributed by atoms with Gasteiger partial charge in [0.15, 0.2) is 6.10 Å². The summed E-state index contributed by atoms with van der Waals surface area (Å²) >= 11 is 0. The fourth-order valence-electron chi connectivity index (χ4n) is 8.28. The Morgan fingerprint density at radius 3 is 1.20 bits per heavy atom. The van der Waals surface area contributed by atoms with Crippen molar-refractivity contribution >= 4 is 19.8 Å². The molecule has 0 aromatic carbocycles. The van der Waals surface area contributed by atoms with Gasteiger partial charge in [0.2, 0.25) is 0 Å². The number of carbonyl (C=O) groups is 2. The second-order valence-electron chi connectivity index (χ2n) is 21.0. The van der Waals surface area contributed by atoms with Crippen LogP contribution in [0.1, 0.15) is 264 Å². The number of allylic oxidation sites excluding steroid dienone is 10. The quantitative estimate of drug-likeness (QED) is 0.0211. The summed E-state index contributed by atoms with van der Waals surface area (Å²) in [5.74, 6) is -0.789. The van der Waals surface area contributed by atoms with Crippen LogP contribution >= 0.6 is 7.82 Å². The van der Waals surface area contributed by atoms with Gasteiger partial charge in [0.05, 0.1) is 27.7 Å². The number of likely N-dealkylation sites (N-methyl/N-ethyl adjacent to an activating group) is 1. The third kappa shape index (κ3) is 56.9. The smallest absolute Gasteiger partial charge is 0.462 e. The molecule has 0 fully saturated rings. The lowest BCUT2D eigenvalue weighted by Crippen LogP contribution is -2.37. The highest BCUT2D eigenvalue weighted by atomic mass is 31.2. The zero-order chi connectivity index (χ0) is 52.0. The maximum absolute atomic E-state index is 12.8. The monoisotopic (exact) mass is 1020 g/mol. The number of ether oxygens (including phenoxy) is 2. The molecule has 10 heteroatoms. The highest BCUT2D eigenvalue weighted by molar-refractivity contribution is 7.47. The molecule has 0 aliphatic heterocycles. The summed E-state index contributed by atoms with van der Waals surface area (Å²) in [4.78, 5) is 35.5. The highest BCUT2D eigenvalue weighted by Gasteiger charge is 2.27. The molecule has 0 bridgehead atoms. The number of rotatable bonds is 54. The Bertz CT molecular complexity index is 1380. The van der Waals surface area contributed by atoms with Gasteiger partial charge in [-0.15, -0.1) is 0 Å². The Balaban J connectivity index is 3.89. The highest BCUT2D eigenvalue weighted by Crippen LogP contribution is 2.43.